The molecule has 0 saturated heterocycles. The van der Waals surface area contributed by atoms with Gasteiger partial charge in [-0.05, 0) is 25.0 Å². The summed E-state index contributed by atoms with van der Waals surface area (Å²) in [4.78, 5) is 17.0. The molecule has 24 heavy (non-hydrogen) atoms. The molecule has 1 aromatic carbocycles. The van der Waals surface area contributed by atoms with Crippen molar-refractivity contribution in [3.63, 3.8) is 0 Å². The summed E-state index contributed by atoms with van der Waals surface area (Å²) in [5, 5.41) is 2.97. The SMILES string of the molecule is CCCS(=O)(=O)c1ccccc1C(=O)N[C@@H]1CCc2nccn2C1. The zero-order valence-electron chi connectivity index (χ0n) is 13.6. The smallest absolute Gasteiger partial charge is 0.252 e. The van der Waals surface area contributed by atoms with Crippen molar-refractivity contribution in [3.8, 4) is 0 Å². The highest BCUT2D eigenvalue weighted by molar-refractivity contribution is 7.91. The number of carbonyl (C=O) groups excluding carboxylic acids is 1. The normalized spacial score (nSPS) is 17.3. The van der Waals surface area contributed by atoms with Gasteiger partial charge in [0.25, 0.3) is 5.91 Å². The fourth-order valence-corrected chi connectivity index (χ4v) is 4.59. The average molecular weight is 347 g/mol. The molecule has 6 nitrogen and oxygen atoms in total. The number of sulfone groups is 1. The lowest BCUT2D eigenvalue weighted by Crippen LogP contribution is -2.41. The Hall–Kier alpha value is -2.15. The zero-order valence-corrected chi connectivity index (χ0v) is 14.4. The second kappa shape index (κ2) is 6.76. The minimum absolute atomic E-state index is 0.0267. The molecular weight excluding hydrogens is 326 g/mol. The van der Waals surface area contributed by atoms with Crippen LogP contribution in [-0.2, 0) is 22.8 Å². The molecule has 1 aliphatic heterocycles. The van der Waals surface area contributed by atoms with E-state index in [1.807, 2.05) is 17.7 Å². The third-order valence-corrected chi connectivity index (χ3v) is 6.18. The van der Waals surface area contributed by atoms with Gasteiger partial charge in [0.1, 0.15) is 5.82 Å². The number of hydrogen-bond donors (Lipinski definition) is 1. The van der Waals surface area contributed by atoms with Crippen LogP contribution in [0.3, 0.4) is 0 Å². The molecule has 1 aliphatic rings. The van der Waals surface area contributed by atoms with E-state index in [9.17, 15) is 13.2 Å². The van der Waals surface area contributed by atoms with Crippen molar-refractivity contribution >= 4 is 15.7 Å². The van der Waals surface area contributed by atoms with Gasteiger partial charge in [0.15, 0.2) is 9.84 Å². The van der Waals surface area contributed by atoms with Gasteiger partial charge in [0.2, 0.25) is 0 Å². The minimum Gasteiger partial charge on any atom is -0.347 e. The van der Waals surface area contributed by atoms with Gasteiger partial charge in [0.05, 0.1) is 16.2 Å². The van der Waals surface area contributed by atoms with Crippen LogP contribution in [0.2, 0.25) is 0 Å². The second-order valence-electron chi connectivity index (χ2n) is 6.02. The van der Waals surface area contributed by atoms with Crippen molar-refractivity contribution in [2.24, 2.45) is 0 Å². The number of benzene rings is 1. The first-order chi connectivity index (χ1) is 11.5. The first-order valence-electron chi connectivity index (χ1n) is 8.14. The molecule has 128 valence electrons. The fraction of sp³-hybridized carbons (Fsp3) is 0.412. The number of nitrogens with zero attached hydrogens (tertiary/aromatic N) is 2. The van der Waals surface area contributed by atoms with Crippen molar-refractivity contribution in [2.45, 2.75) is 43.7 Å². The van der Waals surface area contributed by atoms with Gasteiger partial charge in [-0.3, -0.25) is 4.79 Å². The van der Waals surface area contributed by atoms with Gasteiger partial charge in [0, 0.05) is 31.4 Å². The van der Waals surface area contributed by atoms with Crippen LogP contribution < -0.4 is 5.32 Å². The highest BCUT2D eigenvalue weighted by atomic mass is 32.2. The maximum absolute atomic E-state index is 12.6. The molecular formula is C17H21N3O3S. The molecule has 1 atom stereocenters. The molecule has 0 fully saturated rings. The summed E-state index contributed by atoms with van der Waals surface area (Å²) in [6.07, 6.45) is 5.77. The van der Waals surface area contributed by atoms with E-state index >= 15 is 0 Å². The van der Waals surface area contributed by atoms with Gasteiger partial charge in [-0.15, -0.1) is 0 Å². The van der Waals surface area contributed by atoms with E-state index < -0.39 is 9.84 Å². The van der Waals surface area contributed by atoms with Crippen LogP contribution in [0.5, 0.6) is 0 Å². The number of rotatable bonds is 5. The van der Waals surface area contributed by atoms with Crippen LogP contribution in [0.1, 0.15) is 35.9 Å². The Balaban J connectivity index is 1.79. The Kier molecular flexibility index (Phi) is 4.71. The molecule has 0 bridgehead atoms. The van der Waals surface area contributed by atoms with E-state index in [1.54, 1.807) is 24.4 Å². The Bertz CT molecular complexity index is 842. The van der Waals surface area contributed by atoms with Crippen molar-refractivity contribution in [1.82, 2.24) is 14.9 Å². The lowest BCUT2D eigenvalue weighted by molar-refractivity contribution is 0.0924. The third kappa shape index (κ3) is 3.36. The zero-order chi connectivity index (χ0) is 17.2. The van der Waals surface area contributed by atoms with E-state index in [-0.39, 0.29) is 28.2 Å². The first-order valence-corrected chi connectivity index (χ1v) is 9.79. The molecule has 1 amide bonds. The van der Waals surface area contributed by atoms with E-state index in [2.05, 4.69) is 10.3 Å². The topological polar surface area (TPSA) is 81.1 Å². The molecule has 0 saturated carbocycles. The fourth-order valence-electron chi connectivity index (χ4n) is 3.05. The summed E-state index contributed by atoms with van der Waals surface area (Å²) < 4.78 is 26.8. The van der Waals surface area contributed by atoms with Crippen LogP contribution in [0.4, 0.5) is 0 Å². The summed E-state index contributed by atoms with van der Waals surface area (Å²) >= 11 is 0. The maximum atomic E-state index is 12.6. The molecule has 0 spiro atoms. The monoisotopic (exact) mass is 347 g/mol. The summed E-state index contributed by atoms with van der Waals surface area (Å²) in [6.45, 7) is 2.47. The molecule has 0 aliphatic carbocycles. The Morgan fingerprint density at radius 2 is 2.17 bits per heavy atom. The van der Waals surface area contributed by atoms with E-state index in [4.69, 9.17) is 0 Å². The van der Waals surface area contributed by atoms with Crippen LogP contribution in [-0.4, -0.2) is 35.7 Å². The molecule has 2 heterocycles. The number of hydrogen-bond acceptors (Lipinski definition) is 4. The van der Waals surface area contributed by atoms with Gasteiger partial charge < -0.3 is 9.88 Å². The van der Waals surface area contributed by atoms with Crippen LogP contribution in [0.25, 0.3) is 0 Å². The minimum atomic E-state index is -3.44. The largest absolute Gasteiger partial charge is 0.347 e. The molecule has 2 aromatic rings. The number of aromatic nitrogens is 2. The van der Waals surface area contributed by atoms with Crippen LogP contribution >= 0.6 is 0 Å². The summed E-state index contributed by atoms with van der Waals surface area (Å²) in [7, 11) is -3.44. The lowest BCUT2D eigenvalue weighted by Gasteiger charge is -2.25. The molecule has 1 N–H and O–H groups in total. The highest BCUT2D eigenvalue weighted by Gasteiger charge is 2.25. The number of amides is 1. The van der Waals surface area contributed by atoms with Crippen molar-refractivity contribution in [3.05, 3.63) is 48.0 Å². The molecule has 0 radical (unpaired) electrons. The van der Waals surface area contributed by atoms with Gasteiger partial charge in [-0.25, -0.2) is 13.4 Å². The lowest BCUT2D eigenvalue weighted by atomic mass is 10.1. The van der Waals surface area contributed by atoms with Crippen molar-refractivity contribution in [2.75, 3.05) is 5.75 Å². The summed E-state index contributed by atoms with van der Waals surface area (Å²) in [5.74, 6) is 0.726. The standard InChI is InChI=1S/C17H21N3O3S/c1-2-11-24(22,23)15-6-4-3-5-14(15)17(21)19-13-7-8-16-18-9-10-20(16)12-13/h3-6,9-10,13H,2,7-8,11-12H2,1H3,(H,19,21)/t13-/m1/s1. The number of imidazole rings is 1. The van der Waals surface area contributed by atoms with Gasteiger partial charge in [-0.2, -0.15) is 0 Å². The second-order valence-corrected chi connectivity index (χ2v) is 8.10. The Morgan fingerprint density at radius 3 is 2.96 bits per heavy atom. The molecule has 0 unspecified atom stereocenters. The highest BCUT2D eigenvalue weighted by Crippen LogP contribution is 2.19. The molecule has 7 heteroatoms. The third-order valence-electron chi connectivity index (χ3n) is 4.21. The number of aryl methyl sites for hydroxylation is 1. The predicted octanol–water partition coefficient (Wildman–Crippen LogP) is 1.81. The number of fused-ring (bicyclic) bond motifs is 1. The van der Waals surface area contributed by atoms with Crippen LogP contribution in [0.15, 0.2) is 41.6 Å². The Labute approximate surface area is 141 Å². The summed E-state index contributed by atoms with van der Waals surface area (Å²) in [6, 6.07) is 6.39. The average Bonchev–Trinajstić information content (AvgIpc) is 3.02. The van der Waals surface area contributed by atoms with Gasteiger partial charge >= 0.3 is 0 Å². The first kappa shape index (κ1) is 16.7. The Morgan fingerprint density at radius 1 is 1.38 bits per heavy atom. The molecule has 3 rings (SSSR count). The van der Waals surface area contributed by atoms with Gasteiger partial charge in [-0.1, -0.05) is 19.1 Å². The van der Waals surface area contributed by atoms with E-state index in [0.29, 0.717) is 13.0 Å². The maximum Gasteiger partial charge on any atom is 0.252 e. The van der Waals surface area contributed by atoms with E-state index in [0.717, 1.165) is 18.7 Å². The number of carbonyl (C=O) groups is 1. The number of nitrogens with one attached hydrogen (secondary N) is 1. The molecule has 1 aromatic heterocycles. The van der Waals surface area contributed by atoms with Crippen LogP contribution in [0, 0.1) is 0 Å². The van der Waals surface area contributed by atoms with Crippen molar-refractivity contribution in [1.29, 1.82) is 0 Å². The van der Waals surface area contributed by atoms with Crippen molar-refractivity contribution < 1.29 is 13.2 Å². The summed E-state index contributed by atoms with van der Waals surface area (Å²) in [5.41, 5.74) is 0.224. The quantitative estimate of drug-likeness (QED) is 0.894. The predicted molar refractivity (Wildman–Crippen MR) is 90.6 cm³/mol. The van der Waals surface area contributed by atoms with E-state index in [1.165, 1.54) is 6.07 Å².